The number of carbonyl (C=O) groups excluding carboxylic acids is 1. The molecule has 1 amide bonds. The molecule has 0 unspecified atom stereocenters. The third-order valence-electron chi connectivity index (χ3n) is 3.90. The van der Waals surface area contributed by atoms with Crippen LogP contribution in [-0.4, -0.2) is 50.1 Å². The van der Waals surface area contributed by atoms with Gasteiger partial charge in [0, 0.05) is 12.6 Å². The van der Waals surface area contributed by atoms with E-state index in [9.17, 15) is 4.79 Å². The molecule has 1 aromatic carbocycles. The molecule has 0 aliphatic carbocycles. The van der Waals surface area contributed by atoms with E-state index in [0.29, 0.717) is 19.1 Å². The van der Waals surface area contributed by atoms with Crippen molar-refractivity contribution in [1.82, 2.24) is 15.5 Å². The number of hydrogen-bond donors (Lipinski definition) is 2. The number of rotatable bonds is 6. The van der Waals surface area contributed by atoms with E-state index in [4.69, 9.17) is 0 Å². The molecule has 1 aliphatic heterocycles. The van der Waals surface area contributed by atoms with Crippen molar-refractivity contribution in [1.29, 1.82) is 0 Å². The monoisotopic (exact) mass is 275 g/mol. The second-order valence-corrected chi connectivity index (χ2v) is 5.48. The number of hydrogen-bond acceptors (Lipinski definition) is 3. The van der Waals surface area contributed by atoms with Gasteiger partial charge in [-0.2, -0.15) is 0 Å². The Labute approximate surface area is 121 Å². The Bertz CT molecular complexity index is 401. The van der Waals surface area contributed by atoms with Crippen LogP contribution in [0, 0.1) is 0 Å². The van der Waals surface area contributed by atoms with Crippen LogP contribution in [0.2, 0.25) is 0 Å². The first kappa shape index (κ1) is 15.0. The standard InChI is InChI=1S/C16H25N3O/c1-19(15-8-10-17-11-9-15)13-16(20)18-12-7-14-5-3-2-4-6-14/h2-6,15,17H,7-13H2,1H3,(H,18,20). The summed E-state index contributed by atoms with van der Waals surface area (Å²) in [5.41, 5.74) is 1.26. The van der Waals surface area contributed by atoms with Gasteiger partial charge in [-0.05, 0) is 45.0 Å². The zero-order valence-electron chi connectivity index (χ0n) is 12.3. The number of benzene rings is 1. The van der Waals surface area contributed by atoms with Gasteiger partial charge >= 0.3 is 0 Å². The first-order valence-electron chi connectivity index (χ1n) is 7.47. The maximum atomic E-state index is 11.9. The molecule has 0 bridgehead atoms. The fraction of sp³-hybridized carbons (Fsp3) is 0.562. The Hall–Kier alpha value is -1.39. The molecule has 20 heavy (non-hydrogen) atoms. The van der Waals surface area contributed by atoms with Crippen LogP contribution < -0.4 is 10.6 Å². The minimum Gasteiger partial charge on any atom is -0.355 e. The Morgan fingerprint density at radius 3 is 2.70 bits per heavy atom. The second-order valence-electron chi connectivity index (χ2n) is 5.48. The lowest BCUT2D eigenvalue weighted by Gasteiger charge is -2.31. The highest BCUT2D eigenvalue weighted by molar-refractivity contribution is 5.78. The summed E-state index contributed by atoms with van der Waals surface area (Å²) in [6, 6.07) is 10.8. The Kier molecular flexibility index (Phi) is 6.02. The lowest BCUT2D eigenvalue weighted by molar-refractivity contribution is -0.122. The number of piperidine rings is 1. The van der Waals surface area contributed by atoms with Gasteiger partial charge in [0.2, 0.25) is 5.91 Å². The number of carbonyl (C=O) groups is 1. The van der Waals surface area contributed by atoms with Gasteiger partial charge < -0.3 is 10.6 Å². The lowest BCUT2D eigenvalue weighted by atomic mass is 10.1. The molecule has 0 aromatic heterocycles. The summed E-state index contributed by atoms with van der Waals surface area (Å²) >= 11 is 0. The van der Waals surface area contributed by atoms with Crippen LogP contribution in [0.15, 0.2) is 30.3 Å². The predicted octanol–water partition coefficient (Wildman–Crippen LogP) is 1.03. The van der Waals surface area contributed by atoms with Crippen molar-refractivity contribution >= 4 is 5.91 Å². The van der Waals surface area contributed by atoms with Crippen molar-refractivity contribution in [3.05, 3.63) is 35.9 Å². The van der Waals surface area contributed by atoms with Crippen molar-refractivity contribution < 1.29 is 4.79 Å². The van der Waals surface area contributed by atoms with E-state index in [1.165, 1.54) is 5.56 Å². The zero-order chi connectivity index (χ0) is 14.2. The van der Waals surface area contributed by atoms with Crippen molar-refractivity contribution in [2.24, 2.45) is 0 Å². The van der Waals surface area contributed by atoms with Gasteiger partial charge in [0.05, 0.1) is 6.54 Å². The van der Waals surface area contributed by atoms with Gasteiger partial charge in [-0.1, -0.05) is 30.3 Å². The smallest absolute Gasteiger partial charge is 0.234 e. The van der Waals surface area contributed by atoms with Crippen LogP contribution >= 0.6 is 0 Å². The molecule has 2 rings (SSSR count). The van der Waals surface area contributed by atoms with Crippen LogP contribution in [0.25, 0.3) is 0 Å². The predicted molar refractivity (Wildman–Crippen MR) is 81.7 cm³/mol. The molecule has 1 aliphatic rings. The molecule has 1 fully saturated rings. The highest BCUT2D eigenvalue weighted by atomic mass is 16.2. The molecule has 4 heteroatoms. The van der Waals surface area contributed by atoms with Crippen molar-refractivity contribution in [2.45, 2.75) is 25.3 Å². The third kappa shape index (κ3) is 4.94. The lowest BCUT2D eigenvalue weighted by Crippen LogP contribution is -2.45. The summed E-state index contributed by atoms with van der Waals surface area (Å²) in [5.74, 6) is 0.127. The van der Waals surface area contributed by atoms with E-state index in [2.05, 4.69) is 27.7 Å². The average Bonchev–Trinajstić information content (AvgIpc) is 2.49. The highest BCUT2D eigenvalue weighted by Gasteiger charge is 2.19. The summed E-state index contributed by atoms with van der Waals surface area (Å²) in [5, 5.41) is 6.35. The first-order chi connectivity index (χ1) is 9.75. The molecule has 2 N–H and O–H groups in total. The van der Waals surface area contributed by atoms with Crippen LogP contribution in [0.3, 0.4) is 0 Å². The summed E-state index contributed by atoms with van der Waals surface area (Å²) in [7, 11) is 2.05. The molecule has 1 saturated heterocycles. The largest absolute Gasteiger partial charge is 0.355 e. The topological polar surface area (TPSA) is 44.4 Å². The number of likely N-dealkylation sites (N-methyl/N-ethyl adjacent to an activating group) is 1. The maximum Gasteiger partial charge on any atom is 0.234 e. The summed E-state index contributed by atoms with van der Waals surface area (Å²) in [6.45, 7) is 3.33. The van der Waals surface area contributed by atoms with Gasteiger partial charge in [-0.3, -0.25) is 9.69 Å². The van der Waals surface area contributed by atoms with Gasteiger partial charge in [-0.15, -0.1) is 0 Å². The quantitative estimate of drug-likeness (QED) is 0.815. The summed E-state index contributed by atoms with van der Waals surface area (Å²) in [4.78, 5) is 14.1. The molecule has 1 aromatic rings. The third-order valence-corrected chi connectivity index (χ3v) is 3.90. The molecule has 1 heterocycles. The normalized spacial score (nSPS) is 16.3. The van der Waals surface area contributed by atoms with Gasteiger partial charge in [-0.25, -0.2) is 0 Å². The molecule has 4 nitrogen and oxygen atoms in total. The van der Waals surface area contributed by atoms with Crippen LogP contribution in [0.1, 0.15) is 18.4 Å². The van der Waals surface area contributed by atoms with Crippen molar-refractivity contribution in [3.63, 3.8) is 0 Å². The number of amides is 1. The molecule has 0 spiro atoms. The highest BCUT2D eigenvalue weighted by Crippen LogP contribution is 2.09. The number of nitrogens with one attached hydrogen (secondary N) is 2. The van der Waals surface area contributed by atoms with E-state index in [1.807, 2.05) is 25.2 Å². The fourth-order valence-electron chi connectivity index (χ4n) is 2.65. The number of nitrogens with zero attached hydrogens (tertiary/aromatic N) is 1. The van der Waals surface area contributed by atoms with E-state index in [-0.39, 0.29) is 5.91 Å². The van der Waals surface area contributed by atoms with E-state index >= 15 is 0 Å². The van der Waals surface area contributed by atoms with Gasteiger partial charge in [0.15, 0.2) is 0 Å². The Morgan fingerprint density at radius 1 is 1.30 bits per heavy atom. The molecule has 0 atom stereocenters. The van der Waals surface area contributed by atoms with E-state index in [0.717, 1.165) is 32.4 Å². The summed E-state index contributed by atoms with van der Waals surface area (Å²) in [6.07, 6.45) is 3.16. The van der Waals surface area contributed by atoms with Crippen LogP contribution in [0.5, 0.6) is 0 Å². The maximum absolute atomic E-state index is 11.9. The Morgan fingerprint density at radius 2 is 2.00 bits per heavy atom. The van der Waals surface area contributed by atoms with Crippen LogP contribution in [0.4, 0.5) is 0 Å². The molecule has 110 valence electrons. The summed E-state index contributed by atoms with van der Waals surface area (Å²) < 4.78 is 0. The minimum absolute atomic E-state index is 0.127. The van der Waals surface area contributed by atoms with Crippen molar-refractivity contribution in [2.75, 3.05) is 33.2 Å². The molecule has 0 radical (unpaired) electrons. The minimum atomic E-state index is 0.127. The fourth-order valence-corrected chi connectivity index (χ4v) is 2.65. The Balaban J connectivity index is 1.64. The molecular weight excluding hydrogens is 250 g/mol. The SMILES string of the molecule is CN(CC(=O)NCCc1ccccc1)C1CCNCC1. The average molecular weight is 275 g/mol. The van der Waals surface area contributed by atoms with E-state index < -0.39 is 0 Å². The van der Waals surface area contributed by atoms with Gasteiger partial charge in [0.25, 0.3) is 0 Å². The molecule has 0 saturated carbocycles. The molecular formula is C16H25N3O. The first-order valence-corrected chi connectivity index (χ1v) is 7.47. The zero-order valence-corrected chi connectivity index (χ0v) is 12.3. The van der Waals surface area contributed by atoms with Crippen molar-refractivity contribution in [3.8, 4) is 0 Å². The van der Waals surface area contributed by atoms with Crippen LogP contribution in [-0.2, 0) is 11.2 Å². The van der Waals surface area contributed by atoms with E-state index in [1.54, 1.807) is 0 Å². The second kappa shape index (κ2) is 8.02. The van der Waals surface area contributed by atoms with Gasteiger partial charge in [0.1, 0.15) is 0 Å².